The molecule has 2 unspecified atom stereocenters. The lowest BCUT2D eigenvalue weighted by atomic mass is 10.1. The minimum atomic E-state index is -1.27. The van der Waals surface area contributed by atoms with Crippen molar-refractivity contribution in [1.29, 1.82) is 0 Å². The lowest BCUT2D eigenvalue weighted by molar-refractivity contribution is -0.133. The van der Waals surface area contributed by atoms with Gasteiger partial charge in [0.15, 0.2) is 0 Å². The minimum Gasteiger partial charge on any atom is -0.391 e. The number of hydroxylamine groups is 1. The molecule has 152 valence electrons. The summed E-state index contributed by atoms with van der Waals surface area (Å²) >= 11 is 0. The Labute approximate surface area is 169 Å². The third-order valence-corrected chi connectivity index (χ3v) is 4.06. The SMILES string of the molecule is CC(O)C(NC(=O)c1ccc(C#Cc2cccc(CNCN)c2)cc1)C(=O)NO. The number of nitrogens with two attached hydrogens (primary N) is 1. The summed E-state index contributed by atoms with van der Waals surface area (Å²) in [5, 5.41) is 23.7. The summed E-state index contributed by atoms with van der Waals surface area (Å²) in [4.78, 5) is 23.8. The predicted octanol–water partition coefficient (Wildman–Crippen LogP) is 0.0768. The Morgan fingerprint density at radius 3 is 2.41 bits per heavy atom. The van der Waals surface area contributed by atoms with Gasteiger partial charge in [0.05, 0.1) is 6.10 Å². The topological polar surface area (TPSA) is 137 Å². The quantitative estimate of drug-likeness (QED) is 0.170. The molecule has 0 spiro atoms. The van der Waals surface area contributed by atoms with E-state index in [0.717, 1.165) is 11.1 Å². The van der Waals surface area contributed by atoms with Gasteiger partial charge in [-0.15, -0.1) is 0 Å². The second-order valence-electron chi connectivity index (χ2n) is 6.33. The number of hydrogen-bond donors (Lipinski definition) is 6. The van der Waals surface area contributed by atoms with E-state index in [-0.39, 0.29) is 0 Å². The molecule has 2 rings (SSSR count). The molecule has 0 bridgehead atoms. The highest BCUT2D eigenvalue weighted by atomic mass is 16.5. The molecule has 0 saturated carbocycles. The van der Waals surface area contributed by atoms with Gasteiger partial charge in [-0.05, 0) is 48.9 Å². The number of hydrogen-bond acceptors (Lipinski definition) is 6. The average Bonchev–Trinajstić information content (AvgIpc) is 2.74. The fourth-order valence-electron chi connectivity index (χ4n) is 2.52. The van der Waals surface area contributed by atoms with Crippen LogP contribution >= 0.6 is 0 Å². The summed E-state index contributed by atoms with van der Waals surface area (Å²) in [5.74, 6) is 4.65. The summed E-state index contributed by atoms with van der Waals surface area (Å²) in [5.41, 5.74) is 9.80. The molecule has 0 aliphatic carbocycles. The molecule has 2 amide bonds. The highest BCUT2D eigenvalue weighted by Crippen LogP contribution is 2.07. The van der Waals surface area contributed by atoms with E-state index in [9.17, 15) is 14.7 Å². The fraction of sp³-hybridized carbons (Fsp3) is 0.238. The number of carbonyl (C=O) groups excluding carboxylic acids is 2. The summed E-state index contributed by atoms with van der Waals surface area (Å²) in [7, 11) is 0. The molecule has 0 heterocycles. The van der Waals surface area contributed by atoms with Crippen LogP contribution in [0.3, 0.4) is 0 Å². The molecule has 8 heteroatoms. The summed E-state index contributed by atoms with van der Waals surface area (Å²) < 4.78 is 0. The highest BCUT2D eigenvalue weighted by Gasteiger charge is 2.25. The first-order valence-corrected chi connectivity index (χ1v) is 8.99. The molecule has 0 aliphatic rings. The Kier molecular flexibility index (Phi) is 8.33. The maximum absolute atomic E-state index is 12.3. The van der Waals surface area contributed by atoms with E-state index in [2.05, 4.69) is 22.5 Å². The van der Waals surface area contributed by atoms with Crippen LogP contribution in [0.4, 0.5) is 0 Å². The maximum atomic E-state index is 12.3. The molecule has 0 aliphatic heterocycles. The number of benzene rings is 2. The molecular weight excluding hydrogens is 372 g/mol. The van der Waals surface area contributed by atoms with Crippen molar-refractivity contribution < 1.29 is 19.9 Å². The van der Waals surface area contributed by atoms with Gasteiger partial charge in [-0.1, -0.05) is 24.0 Å². The molecule has 2 atom stereocenters. The zero-order valence-electron chi connectivity index (χ0n) is 16.0. The Morgan fingerprint density at radius 1 is 1.10 bits per heavy atom. The average molecular weight is 396 g/mol. The Morgan fingerprint density at radius 2 is 1.79 bits per heavy atom. The first kappa shape index (κ1) is 22.1. The zero-order valence-corrected chi connectivity index (χ0v) is 16.0. The smallest absolute Gasteiger partial charge is 0.268 e. The van der Waals surface area contributed by atoms with Crippen LogP contribution in [0.15, 0.2) is 48.5 Å². The molecule has 7 N–H and O–H groups in total. The molecular formula is C21H24N4O4. The lowest BCUT2D eigenvalue weighted by Gasteiger charge is -2.19. The molecule has 8 nitrogen and oxygen atoms in total. The van der Waals surface area contributed by atoms with Crippen LogP contribution in [-0.2, 0) is 11.3 Å². The normalized spacial score (nSPS) is 12.3. The van der Waals surface area contributed by atoms with E-state index in [0.29, 0.717) is 24.3 Å². The highest BCUT2D eigenvalue weighted by molar-refractivity contribution is 5.97. The van der Waals surface area contributed by atoms with E-state index in [1.165, 1.54) is 12.4 Å². The standard InChI is InChI=1S/C21H24N4O4/c1-14(26)19(21(28)25-29)24-20(27)18-9-7-15(8-10-18)5-6-16-3-2-4-17(11-16)12-23-13-22/h2-4,7-11,14,19,23,26,29H,12-13,22H2,1H3,(H,24,27)(H,25,28). The van der Waals surface area contributed by atoms with Crippen molar-refractivity contribution in [3.63, 3.8) is 0 Å². The van der Waals surface area contributed by atoms with Crippen LogP contribution in [-0.4, -0.2) is 40.9 Å². The van der Waals surface area contributed by atoms with Crippen LogP contribution in [0.5, 0.6) is 0 Å². The van der Waals surface area contributed by atoms with Gasteiger partial charge >= 0.3 is 0 Å². The van der Waals surface area contributed by atoms with Crippen molar-refractivity contribution in [3.05, 3.63) is 70.8 Å². The number of aliphatic hydroxyl groups is 1. The third kappa shape index (κ3) is 6.71. The third-order valence-electron chi connectivity index (χ3n) is 4.06. The van der Waals surface area contributed by atoms with Gasteiger partial charge in [-0.3, -0.25) is 14.8 Å². The maximum Gasteiger partial charge on any atom is 0.268 e. The van der Waals surface area contributed by atoms with Crippen LogP contribution in [0.2, 0.25) is 0 Å². The minimum absolute atomic E-state index is 0.293. The Bertz CT molecular complexity index is 901. The Balaban J connectivity index is 2.06. The first-order valence-electron chi connectivity index (χ1n) is 8.99. The van der Waals surface area contributed by atoms with Crippen molar-refractivity contribution in [2.75, 3.05) is 6.67 Å². The molecule has 0 aromatic heterocycles. The van der Waals surface area contributed by atoms with Crippen LogP contribution in [0.1, 0.15) is 34.0 Å². The fourth-order valence-corrected chi connectivity index (χ4v) is 2.52. The number of carbonyl (C=O) groups is 2. The van der Waals surface area contributed by atoms with Crippen LogP contribution in [0.25, 0.3) is 0 Å². The van der Waals surface area contributed by atoms with Gasteiger partial charge in [0.2, 0.25) is 0 Å². The van der Waals surface area contributed by atoms with Gasteiger partial charge in [0, 0.05) is 29.9 Å². The van der Waals surface area contributed by atoms with Crippen molar-refractivity contribution in [3.8, 4) is 11.8 Å². The van der Waals surface area contributed by atoms with E-state index in [4.69, 9.17) is 10.9 Å². The van der Waals surface area contributed by atoms with Gasteiger partial charge < -0.3 is 21.5 Å². The van der Waals surface area contributed by atoms with Gasteiger partial charge in [0.25, 0.3) is 11.8 Å². The largest absolute Gasteiger partial charge is 0.391 e. The van der Waals surface area contributed by atoms with Crippen molar-refractivity contribution in [1.82, 2.24) is 16.1 Å². The molecule has 2 aromatic rings. The predicted molar refractivity (Wildman–Crippen MR) is 108 cm³/mol. The van der Waals surface area contributed by atoms with Crippen molar-refractivity contribution in [2.24, 2.45) is 5.73 Å². The second-order valence-corrected chi connectivity index (χ2v) is 6.33. The number of nitrogens with one attached hydrogen (secondary N) is 3. The molecule has 0 fully saturated rings. The zero-order chi connectivity index (χ0) is 21.2. The van der Waals surface area contributed by atoms with Crippen LogP contribution in [0, 0.1) is 11.8 Å². The Hall–Kier alpha value is -3.22. The summed E-state index contributed by atoms with van der Waals surface area (Å²) in [6, 6.07) is 13.0. The van der Waals surface area contributed by atoms with Gasteiger partial charge in [-0.2, -0.15) is 0 Å². The number of aliphatic hydroxyl groups excluding tert-OH is 1. The molecule has 0 radical (unpaired) electrons. The second kappa shape index (κ2) is 10.9. The van der Waals surface area contributed by atoms with E-state index < -0.39 is 24.0 Å². The molecule has 29 heavy (non-hydrogen) atoms. The summed E-state index contributed by atoms with van der Waals surface area (Å²) in [6.45, 7) is 2.40. The van der Waals surface area contributed by atoms with Gasteiger partial charge in [-0.25, -0.2) is 5.48 Å². The summed E-state index contributed by atoms with van der Waals surface area (Å²) in [6.07, 6.45) is -1.17. The van der Waals surface area contributed by atoms with Gasteiger partial charge in [0.1, 0.15) is 6.04 Å². The number of rotatable bonds is 7. The van der Waals surface area contributed by atoms with E-state index in [1.807, 2.05) is 24.3 Å². The number of amides is 2. The monoisotopic (exact) mass is 396 g/mol. The first-order chi connectivity index (χ1) is 13.9. The molecule has 2 aromatic carbocycles. The van der Waals surface area contributed by atoms with E-state index in [1.54, 1.807) is 24.3 Å². The molecule has 0 saturated heterocycles. The van der Waals surface area contributed by atoms with Crippen LogP contribution < -0.4 is 21.8 Å². The van der Waals surface area contributed by atoms with Crippen molar-refractivity contribution >= 4 is 11.8 Å². The van der Waals surface area contributed by atoms with Crippen molar-refractivity contribution in [2.45, 2.75) is 25.6 Å². The van der Waals surface area contributed by atoms with E-state index >= 15 is 0 Å². The lowest BCUT2D eigenvalue weighted by Crippen LogP contribution is -2.51.